The third-order valence-electron chi connectivity index (χ3n) is 9.38. The Balaban J connectivity index is 2.19. The topological polar surface area (TPSA) is 133 Å². The van der Waals surface area contributed by atoms with Crippen molar-refractivity contribution in [2.75, 3.05) is 10.6 Å². The standard InChI is InChI=1S/C37H38F6N2O6/c1-9-35(8,19(4)5)45-21-11-13-23(29(15-21)37(41,42)43)22-12-10-20(14-28(22)36(38,39)40)44-31(47)25-16-24(30(46)34(6,7)18(2)3)26(32(48)49)17-27(25)33(50)51/h10-17,19,45H,2,9H2,1,3-8H3,(H,44,47)(H,48,49)(H,50,51). The van der Waals surface area contributed by atoms with Gasteiger partial charge in [-0.15, -0.1) is 0 Å². The van der Waals surface area contributed by atoms with Crippen molar-refractivity contribution in [1.29, 1.82) is 0 Å². The molecule has 1 atom stereocenters. The molecule has 0 aromatic heterocycles. The Morgan fingerprint density at radius 1 is 0.725 bits per heavy atom. The van der Waals surface area contributed by atoms with Crippen molar-refractivity contribution in [2.24, 2.45) is 11.3 Å². The first-order chi connectivity index (χ1) is 23.3. The summed E-state index contributed by atoms with van der Waals surface area (Å²) in [7, 11) is 0. The maximum Gasteiger partial charge on any atom is 0.417 e. The summed E-state index contributed by atoms with van der Waals surface area (Å²) in [6.07, 6.45) is -9.75. The molecule has 0 aliphatic carbocycles. The van der Waals surface area contributed by atoms with Crippen LogP contribution in [0.4, 0.5) is 37.7 Å². The largest absolute Gasteiger partial charge is 0.478 e. The zero-order valence-corrected chi connectivity index (χ0v) is 28.9. The Bertz CT molecular complexity index is 1910. The van der Waals surface area contributed by atoms with Crippen LogP contribution < -0.4 is 10.6 Å². The number of rotatable bonds is 12. The lowest BCUT2D eigenvalue weighted by molar-refractivity contribution is -0.139. The molecule has 3 aromatic rings. The van der Waals surface area contributed by atoms with Gasteiger partial charge >= 0.3 is 24.3 Å². The van der Waals surface area contributed by atoms with E-state index in [1.165, 1.54) is 26.8 Å². The molecule has 3 aromatic carbocycles. The molecule has 0 heterocycles. The highest BCUT2D eigenvalue weighted by Crippen LogP contribution is 2.45. The maximum atomic E-state index is 14.5. The average molecular weight is 721 g/mol. The van der Waals surface area contributed by atoms with Gasteiger partial charge < -0.3 is 20.8 Å². The minimum absolute atomic E-state index is 0.00644. The van der Waals surface area contributed by atoms with Crippen molar-refractivity contribution >= 4 is 35.0 Å². The molecule has 3 rings (SSSR count). The van der Waals surface area contributed by atoms with Crippen LogP contribution in [0.2, 0.25) is 0 Å². The summed E-state index contributed by atoms with van der Waals surface area (Å²) in [6.45, 7) is 15.5. The molecule has 0 fully saturated rings. The van der Waals surface area contributed by atoms with E-state index in [1.807, 2.05) is 27.7 Å². The molecule has 0 aliphatic heterocycles. The van der Waals surface area contributed by atoms with Crippen molar-refractivity contribution in [2.45, 2.75) is 72.8 Å². The van der Waals surface area contributed by atoms with E-state index >= 15 is 0 Å². The van der Waals surface area contributed by atoms with Gasteiger partial charge in [0, 0.05) is 27.9 Å². The van der Waals surface area contributed by atoms with Crippen LogP contribution >= 0.6 is 0 Å². The number of halogens is 6. The fraction of sp³-hybridized carbons (Fsp3) is 0.351. The first kappa shape index (κ1) is 40.3. The number of ketones is 1. The molecule has 1 unspecified atom stereocenters. The smallest absolute Gasteiger partial charge is 0.417 e. The molecule has 4 N–H and O–H groups in total. The fourth-order valence-corrected chi connectivity index (χ4v) is 5.21. The lowest BCUT2D eigenvalue weighted by Gasteiger charge is -2.35. The molecule has 1 amide bonds. The van der Waals surface area contributed by atoms with E-state index in [4.69, 9.17) is 0 Å². The Morgan fingerprint density at radius 3 is 1.57 bits per heavy atom. The van der Waals surface area contributed by atoms with Crippen LogP contribution in [0.1, 0.15) is 107 Å². The normalized spacial score (nSPS) is 13.4. The number of hydrogen-bond acceptors (Lipinski definition) is 5. The first-order valence-electron chi connectivity index (χ1n) is 15.6. The van der Waals surface area contributed by atoms with Gasteiger partial charge in [0.1, 0.15) is 0 Å². The van der Waals surface area contributed by atoms with Crippen LogP contribution in [-0.4, -0.2) is 39.4 Å². The number of alkyl halides is 6. The highest BCUT2D eigenvalue weighted by Gasteiger charge is 2.40. The van der Waals surface area contributed by atoms with Gasteiger partial charge in [-0.3, -0.25) is 9.59 Å². The zero-order chi connectivity index (χ0) is 39.0. The molecule has 0 aliphatic rings. The number of benzene rings is 3. The number of nitrogens with one attached hydrogen (secondary N) is 2. The Hall–Kier alpha value is -5.14. The number of hydrogen-bond donors (Lipinski definition) is 4. The predicted molar refractivity (Wildman–Crippen MR) is 180 cm³/mol. The van der Waals surface area contributed by atoms with Crippen molar-refractivity contribution < 1.29 is 55.7 Å². The quantitative estimate of drug-likeness (QED) is 0.0832. The predicted octanol–water partition coefficient (Wildman–Crippen LogP) is 10.1. The monoisotopic (exact) mass is 720 g/mol. The zero-order valence-electron chi connectivity index (χ0n) is 28.9. The van der Waals surface area contributed by atoms with Crippen LogP contribution in [0.15, 0.2) is 60.7 Å². The second kappa shape index (κ2) is 14.2. The van der Waals surface area contributed by atoms with Crippen molar-refractivity contribution in [3.05, 3.63) is 94.1 Å². The van der Waals surface area contributed by atoms with E-state index in [0.717, 1.165) is 30.3 Å². The van der Waals surface area contributed by atoms with E-state index in [-0.39, 0.29) is 11.6 Å². The molecule has 14 heteroatoms. The molecule has 0 bridgehead atoms. The molecule has 51 heavy (non-hydrogen) atoms. The van der Waals surface area contributed by atoms with E-state index in [1.54, 1.807) is 0 Å². The Kier molecular flexibility index (Phi) is 11.2. The summed E-state index contributed by atoms with van der Waals surface area (Å²) < 4.78 is 86.5. The van der Waals surface area contributed by atoms with Gasteiger partial charge in [0.05, 0.1) is 27.8 Å². The third-order valence-corrected chi connectivity index (χ3v) is 9.38. The summed E-state index contributed by atoms with van der Waals surface area (Å²) in [5.41, 5.74) is -9.61. The highest BCUT2D eigenvalue weighted by atomic mass is 19.4. The minimum Gasteiger partial charge on any atom is -0.478 e. The number of Topliss-reactive ketones (excluding diaryl/α,β-unsaturated/α-hetero) is 1. The summed E-state index contributed by atoms with van der Waals surface area (Å²) in [5.74, 6) is -5.63. The van der Waals surface area contributed by atoms with Crippen molar-refractivity contribution in [3.63, 3.8) is 0 Å². The molecule has 0 saturated carbocycles. The van der Waals surface area contributed by atoms with Crippen LogP contribution in [0, 0.1) is 11.3 Å². The van der Waals surface area contributed by atoms with Gasteiger partial charge in [-0.05, 0) is 87.6 Å². The Morgan fingerprint density at radius 2 is 1.16 bits per heavy atom. The number of amides is 1. The number of carbonyl (C=O) groups is 4. The van der Waals surface area contributed by atoms with Gasteiger partial charge in [0.15, 0.2) is 5.78 Å². The van der Waals surface area contributed by atoms with E-state index < -0.39 is 97.1 Å². The van der Waals surface area contributed by atoms with Gasteiger partial charge in [-0.25, -0.2) is 9.59 Å². The van der Waals surface area contributed by atoms with Crippen LogP contribution in [0.3, 0.4) is 0 Å². The molecule has 0 radical (unpaired) electrons. The second-order valence-corrected chi connectivity index (χ2v) is 13.3. The number of carboxylic acid groups (broad SMARTS) is 2. The average Bonchev–Trinajstić information content (AvgIpc) is 3.02. The maximum absolute atomic E-state index is 14.5. The third kappa shape index (κ3) is 8.43. The fourth-order valence-electron chi connectivity index (χ4n) is 5.21. The van der Waals surface area contributed by atoms with Gasteiger partial charge in [0.2, 0.25) is 0 Å². The van der Waals surface area contributed by atoms with E-state index in [9.17, 15) is 55.7 Å². The van der Waals surface area contributed by atoms with Crippen molar-refractivity contribution in [3.8, 4) is 11.1 Å². The lowest BCUT2D eigenvalue weighted by Crippen LogP contribution is -2.39. The lowest BCUT2D eigenvalue weighted by atomic mass is 9.77. The van der Waals surface area contributed by atoms with Crippen LogP contribution in [0.5, 0.6) is 0 Å². The minimum atomic E-state index is -5.22. The van der Waals surface area contributed by atoms with Gasteiger partial charge in [-0.1, -0.05) is 45.1 Å². The van der Waals surface area contributed by atoms with E-state index in [2.05, 4.69) is 17.2 Å². The number of aromatic carboxylic acids is 2. The van der Waals surface area contributed by atoms with Crippen LogP contribution in [0.25, 0.3) is 11.1 Å². The highest BCUT2D eigenvalue weighted by molar-refractivity contribution is 6.16. The molecule has 0 spiro atoms. The summed E-state index contributed by atoms with van der Waals surface area (Å²) >= 11 is 0. The van der Waals surface area contributed by atoms with Crippen molar-refractivity contribution in [1.82, 2.24) is 0 Å². The molecule has 8 nitrogen and oxygen atoms in total. The number of allylic oxidation sites excluding steroid dienone is 1. The summed E-state index contributed by atoms with van der Waals surface area (Å²) in [4.78, 5) is 50.9. The number of carboxylic acids is 2. The van der Waals surface area contributed by atoms with Gasteiger partial charge in [0.25, 0.3) is 5.91 Å². The molecular weight excluding hydrogens is 682 g/mol. The summed E-state index contributed by atoms with van der Waals surface area (Å²) in [6, 6.07) is 6.28. The Labute approximate surface area is 290 Å². The number of carbonyl (C=O) groups excluding carboxylic acids is 2. The molecular formula is C37H38F6N2O6. The van der Waals surface area contributed by atoms with Gasteiger partial charge in [-0.2, -0.15) is 26.3 Å². The molecule has 0 saturated heterocycles. The van der Waals surface area contributed by atoms with E-state index in [0.29, 0.717) is 24.1 Å². The second-order valence-electron chi connectivity index (χ2n) is 13.3. The molecule has 274 valence electrons. The number of anilines is 2. The first-order valence-corrected chi connectivity index (χ1v) is 15.6. The SMILES string of the molecule is C=C(C)C(C)(C)C(=O)c1cc(C(=O)Nc2ccc(-c3ccc(NC(C)(CC)C(C)C)cc3C(F)(F)F)c(C(F)(F)F)c2)c(C(=O)O)cc1C(=O)O. The van der Waals surface area contributed by atoms with Crippen LogP contribution in [-0.2, 0) is 12.4 Å². The summed E-state index contributed by atoms with van der Waals surface area (Å²) in [5, 5.41) is 24.7.